The molecule has 0 aliphatic heterocycles. The fourth-order valence-electron chi connectivity index (χ4n) is 0.473. The highest BCUT2D eigenvalue weighted by molar-refractivity contribution is 4.33. The zero-order chi connectivity index (χ0) is 8.53. The van der Waals surface area contributed by atoms with Crippen molar-refractivity contribution in [3.05, 3.63) is 0 Å². The summed E-state index contributed by atoms with van der Waals surface area (Å²) in [5, 5.41) is 24.9. The second-order valence-corrected chi connectivity index (χ2v) is 1.89. The summed E-state index contributed by atoms with van der Waals surface area (Å²) in [4.78, 5) is 0. The van der Waals surface area contributed by atoms with Crippen molar-refractivity contribution >= 4 is 0 Å². The van der Waals surface area contributed by atoms with Crippen LogP contribution in [0.4, 0.5) is 0 Å². The van der Waals surface area contributed by atoms with E-state index in [9.17, 15) is 0 Å². The molecule has 68 valence electrons. The van der Waals surface area contributed by atoms with Crippen LogP contribution in [0, 0.1) is 0 Å². The highest BCUT2D eigenvalue weighted by Crippen LogP contribution is 1.80. The summed E-state index contributed by atoms with van der Waals surface area (Å²) in [5.41, 5.74) is 0. The van der Waals surface area contributed by atoms with Gasteiger partial charge in [-0.05, 0) is 0 Å². The van der Waals surface area contributed by atoms with Gasteiger partial charge >= 0.3 is 0 Å². The second-order valence-electron chi connectivity index (χ2n) is 1.89. The van der Waals surface area contributed by atoms with E-state index in [1.54, 1.807) is 0 Å². The van der Waals surface area contributed by atoms with Gasteiger partial charge in [0.15, 0.2) is 6.29 Å². The van der Waals surface area contributed by atoms with Crippen molar-refractivity contribution in [1.29, 1.82) is 0 Å². The molecule has 0 aliphatic rings. The van der Waals surface area contributed by atoms with E-state index in [-0.39, 0.29) is 19.8 Å². The Bertz CT molecular complexity index is 75.4. The van der Waals surface area contributed by atoms with Crippen molar-refractivity contribution in [2.75, 3.05) is 33.0 Å². The van der Waals surface area contributed by atoms with Crippen LogP contribution < -0.4 is 0 Å². The monoisotopic (exact) mass is 166 g/mol. The Morgan fingerprint density at radius 2 is 1.64 bits per heavy atom. The van der Waals surface area contributed by atoms with Crippen LogP contribution in [0.5, 0.6) is 0 Å². The Labute approximate surface area is 65.2 Å². The van der Waals surface area contributed by atoms with E-state index in [1.807, 2.05) is 0 Å². The maximum Gasteiger partial charge on any atom is 0.175 e. The molecule has 0 radical (unpaired) electrons. The van der Waals surface area contributed by atoms with Gasteiger partial charge in [-0.2, -0.15) is 0 Å². The molecule has 11 heavy (non-hydrogen) atoms. The minimum Gasteiger partial charge on any atom is -0.394 e. The van der Waals surface area contributed by atoms with Gasteiger partial charge in [0.1, 0.15) is 0 Å². The maximum atomic E-state index is 8.30. The van der Waals surface area contributed by atoms with Gasteiger partial charge in [0.25, 0.3) is 0 Å². The van der Waals surface area contributed by atoms with Gasteiger partial charge in [-0.1, -0.05) is 0 Å². The lowest BCUT2D eigenvalue weighted by atomic mass is 10.7. The summed E-state index contributed by atoms with van der Waals surface area (Å²) in [6, 6.07) is 0. The number of rotatable bonds is 7. The largest absolute Gasteiger partial charge is 0.394 e. The first kappa shape index (κ1) is 10.8. The lowest BCUT2D eigenvalue weighted by Crippen LogP contribution is -2.16. The molecule has 0 aliphatic carbocycles. The quantitative estimate of drug-likeness (QED) is 0.311. The molecule has 0 unspecified atom stereocenters. The Kier molecular flexibility index (Phi) is 7.76. The van der Waals surface area contributed by atoms with Gasteiger partial charge in [-0.15, -0.1) is 0 Å². The zero-order valence-electron chi connectivity index (χ0n) is 6.27. The predicted octanol–water partition coefficient (Wildman–Crippen LogP) is -1.68. The molecule has 0 aromatic heterocycles. The molecule has 0 heterocycles. The smallest absolute Gasteiger partial charge is 0.175 e. The molecule has 5 nitrogen and oxygen atoms in total. The van der Waals surface area contributed by atoms with Crippen molar-refractivity contribution in [3.8, 4) is 0 Å². The Morgan fingerprint density at radius 1 is 1.00 bits per heavy atom. The van der Waals surface area contributed by atoms with E-state index in [2.05, 4.69) is 0 Å². The minimum atomic E-state index is -1.42. The SMILES string of the molecule is OCCOCCOCC(O)O. The Balaban J connectivity index is 2.80. The Morgan fingerprint density at radius 3 is 2.18 bits per heavy atom. The molecule has 5 heteroatoms. The normalized spacial score (nSPS) is 10.9. The van der Waals surface area contributed by atoms with Crippen LogP contribution in [-0.4, -0.2) is 54.6 Å². The summed E-state index contributed by atoms with van der Waals surface area (Å²) in [6.45, 7) is 0.820. The molecule has 0 saturated heterocycles. The number of aliphatic hydroxyl groups is 3. The number of hydrogen-bond donors (Lipinski definition) is 3. The molecule has 0 saturated carbocycles. The van der Waals surface area contributed by atoms with Gasteiger partial charge in [-0.3, -0.25) is 0 Å². The standard InChI is InChI=1S/C6H14O5/c7-1-2-10-3-4-11-5-6(8)9/h6-9H,1-5H2. The van der Waals surface area contributed by atoms with Crippen molar-refractivity contribution in [2.45, 2.75) is 6.29 Å². The van der Waals surface area contributed by atoms with Gasteiger partial charge < -0.3 is 24.8 Å². The summed E-state index contributed by atoms with van der Waals surface area (Å²) >= 11 is 0. The van der Waals surface area contributed by atoms with Crippen LogP contribution in [0.1, 0.15) is 0 Å². The summed E-state index contributed by atoms with van der Waals surface area (Å²) in [7, 11) is 0. The molecule has 3 N–H and O–H groups in total. The molecular weight excluding hydrogens is 152 g/mol. The fourth-order valence-corrected chi connectivity index (χ4v) is 0.473. The summed E-state index contributed by atoms with van der Waals surface area (Å²) in [5.74, 6) is 0. The van der Waals surface area contributed by atoms with Gasteiger partial charge in [0.05, 0.1) is 33.0 Å². The first-order valence-corrected chi connectivity index (χ1v) is 3.40. The Hall–Kier alpha value is -0.200. The fraction of sp³-hybridized carbons (Fsp3) is 1.00. The van der Waals surface area contributed by atoms with Gasteiger partial charge in [0.2, 0.25) is 0 Å². The third-order valence-corrected chi connectivity index (χ3v) is 0.875. The summed E-state index contributed by atoms with van der Waals surface area (Å²) in [6.07, 6.45) is -1.42. The van der Waals surface area contributed by atoms with E-state index >= 15 is 0 Å². The van der Waals surface area contributed by atoms with Crippen LogP contribution in [0.25, 0.3) is 0 Å². The van der Waals surface area contributed by atoms with Crippen LogP contribution >= 0.6 is 0 Å². The third-order valence-electron chi connectivity index (χ3n) is 0.875. The zero-order valence-corrected chi connectivity index (χ0v) is 6.27. The van der Waals surface area contributed by atoms with Crippen molar-refractivity contribution in [1.82, 2.24) is 0 Å². The highest BCUT2D eigenvalue weighted by atomic mass is 16.6. The van der Waals surface area contributed by atoms with Crippen molar-refractivity contribution < 1.29 is 24.8 Å². The lowest BCUT2D eigenvalue weighted by Gasteiger charge is -2.05. The second kappa shape index (κ2) is 7.90. The molecule has 0 aromatic carbocycles. The summed E-state index contributed by atoms with van der Waals surface area (Å²) < 4.78 is 9.56. The average Bonchev–Trinajstić information content (AvgIpc) is 1.96. The highest BCUT2D eigenvalue weighted by Gasteiger charge is 1.95. The van der Waals surface area contributed by atoms with Crippen molar-refractivity contribution in [2.24, 2.45) is 0 Å². The van der Waals surface area contributed by atoms with Crippen LogP contribution in [-0.2, 0) is 9.47 Å². The number of hydrogen-bond acceptors (Lipinski definition) is 5. The van der Waals surface area contributed by atoms with E-state index < -0.39 is 6.29 Å². The molecule has 0 fully saturated rings. The molecule has 0 rings (SSSR count). The lowest BCUT2D eigenvalue weighted by molar-refractivity contribution is -0.101. The first-order valence-electron chi connectivity index (χ1n) is 3.40. The van der Waals surface area contributed by atoms with Gasteiger partial charge in [0, 0.05) is 0 Å². The third kappa shape index (κ3) is 9.80. The van der Waals surface area contributed by atoms with E-state index in [4.69, 9.17) is 24.8 Å². The minimum absolute atomic E-state index is 0.0113. The maximum absolute atomic E-state index is 8.30. The van der Waals surface area contributed by atoms with E-state index in [0.29, 0.717) is 13.2 Å². The molecule has 0 atom stereocenters. The molecule has 0 aromatic rings. The number of ether oxygens (including phenoxy) is 2. The molecule has 0 bridgehead atoms. The van der Waals surface area contributed by atoms with E-state index in [1.165, 1.54) is 0 Å². The number of aliphatic hydroxyl groups excluding tert-OH is 2. The topological polar surface area (TPSA) is 79.2 Å². The van der Waals surface area contributed by atoms with Crippen LogP contribution in [0.15, 0.2) is 0 Å². The first-order chi connectivity index (χ1) is 5.27. The van der Waals surface area contributed by atoms with Crippen molar-refractivity contribution in [3.63, 3.8) is 0 Å². The van der Waals surface area contributed by atoms with E-state index in [0.717, 1.165) is 0 Å². The average molecular weight is 166 g/mol. The molecule has 0 amide bonds. The van der Waals surface area contributed by atoms with Crippen LogP contribution in [0.2, 0.25) is 0 Å². The molecular formula is C6H14O5. The van der Waals surface area contributed by atoms with Crippen LogP contribution in [0.3, 0.4) is 0 Å². The predicted molar refractivity (Wildman–Crippen MR) is 36.9 cm³/mol. The van der Waals surface area contributed by atoms with Gasteiger partial charge in [-0.25, -0.2) is 0 Å². The molecule has 0 spiro atoms.